The summed E-state index contributed by atoms with van der Waals surface area (Å²) in [5.41, 5.74) is 3.68. The number of aliphatic hydroxyl groups is 1. The maximum Gasteiger partial charge on any atom is 0.249 e. The molecule has 0 aromatic rings. The molecule has 4 saturated carbocycles. The van der Waals surface area contributed by atoms with Gasteiger partial charge in [-0.25, -0.2) is 0 Å². The third kappa shape index (κ3) is 9.99. The van der Waals surface area contributed by atoms with E-state index in [9.17, 15) is 19.5 Å². The molecule has 2 N–H and O–H groups in total. The number of carbonyl (C=O) groups excluding carboxylic acids is 3. The van der Waals surface area contributed by atoms with Gasteiger partial charge in [-0.05, 0) is 114 Å². The number of hydrogen-bond acceptors (Lipinski definition) is 8. The van der Waals surface area contributed by atoms with Gasteiger partial charge in [0.05, 0.1) is 24.9 Å². The highest BCUT2D eigenvalue weighted by molar-refractivity contribution is 6.02. The Labute approximate surface area is 325 Å². The second kappa shape index (κ2) is 19.5. The van der Waals surface area contributed by atoms with E-state index in [0.29, 0.717) is 38.0 Å². The molecule has 3 saturated heterocycles. The highest BCUT2D eigenvalue weighted by atomic mass is 16.5. The first kappa shape index (κ1) is 40.4. The molecule has 3 aliphatic heterocycles. The molecule has 3 heterocycles. The molecule has 54 heavy (non-hydrogen) atoms. The highest BCUT2D eigenvalue weighted by Gasteiger charge is 2.50. The van der Waals surface area contributed by atoms with Gasteiger partial charge in [0, 0.05) is 70.7 Å². The van der Waals surface area contributed by atoms with Crippen LogP contribution in [0.4, 0.5) is 0 Å². The lowest BCUT2D eigenvalue weighted by atomic mass is 9.68. The molecule has 10 heteroatoms. The number of aliphatic hydroxyl groups excluding tert-OH is 1. The number of allylic oxidation sites excluding steroid dienone is 2. The van der Waals surface area contributed by atoms with Crippen LogP contribution in [0.15, 0.2) is 11.1 Å². The average molecular weight is 753 g/mol. The van der Waals surface area contributed by atoms with Crippen molar-refractivity contribution in [3.05, 3.63) is 11.1 Å². The van der Waals surface area contributed by atoms with Crippen molar-refractivity contribution in [2.24, 2.45) is 29.6 Å². The van der Waals surface area contributed by atoms with Crippen molar-refractivity contribution in [2.45, 2.75) is 160 Å². The number of imide groups is 1. The Kier molecular flexibility index (Phi) is 14.6. The van der Waals surface area contributed by atoms with E-state index >= 15 is 0 Å². The highest BCUT2D eigenvalue weighted by Crippen LogP contribution is 2.46. The summed E-state index contributed by atoms with van der Waals surface area (Å²) in [7, 11) is 0. The summed E-state index contributed by atoms with van der Waals surface area (Å²) in [6.07, 6.45) is 22.4. The molecular formula is C44H72N4O6. The van der Waals surface area contributed by atoms with Gasteiger partial charge >= 0.3 is 0 Å². The Hall–Kier alpha value is -1.85. The first-order valence-corrected chi connectivity index (χ1v) is 22.6. The molecular weight excluding hydrogens is 681 g/mol. The number of hydrogen-bond donors (Lipinski definition) is 2. The minimum atomic E-state index is -0.518. The van der Waals surface area contributed by atoms with Crippen molar-refractivity contribution < 1.29 is 29.0 Å². The number of amides is 3. The number of nitrogens with one attached hydrogen (secondary N) is 1. The lowest BCUT2D eigenvalue weighted by Gasteiger charge is -2.40. The SMILES string of the molecule is CC/C(=C(\C1CCC(O)CC1)C1CCC(OCCN2CCN(CCCOC3CCCC4C(=O)N(C5CCC(=O)NC5=O)CC34)CC2)CC1)C1CCCCC1. The first-order chi connectivity index (χ1) is 26.4. The molecule has 0 aromatic heterocycles. The van der Waals surface area contributed by atoms with E-state index in [1.54, 1.807) is 4.90 Å². The normalized spacial score (nSPS) is 35.5. The third-order valence-electron chi connectivity index (χ3n) is 14.9. The largest absolute Gasteiger partial charge is 0.393 e. The van der Waals surface area contributed by atoms with Gasteiger partial charge in [-0.15, -0.1) is 0 Å². The van der Waals surface area contributed by atoms with E-state index in [1.807, 2.05) is 11.1 Å². The van der Waals surface area contributed by atoms with E-state index in [-0.39, 0.29) is 41.8 Å². The van der Waals surface area contributed by atoms with Crippen LogP contribution in [0.1, 0.15) is 135 Å². The fourth-order valence-electron chi connectivity index (χ4n) is 11.8. The van der Waals surface area contributed by atoms with E-state index in [0.717, 1.165) is 96.2 Å². The predicted molar refractivity (Wildman–Crippen MR) is 210 cm³/mol. The molecule has 304 valence electrons. The van der Waals surface area contributed by atoms with Gasteiger partial charge in [0.25, 0.3) is 0 Å². The molecule has 10 nitrogen and oxygen atoms in total. The van der Waals surface area contributed by atoms with Gasteiger partial charge in [-0.1, -0.05) is 43.8 Å². The third-order valence-corrected chi connectivity index (χ3v) is 14.9. The summed E-state index contributed by atoms with van der Waals surface area (Å²) in [5.74, 6) is 1.83. The predicted octanol–water partition coefficient (Wildman–Crippen LogP) is 5.86. The number of rotatable bonds is 14. The fourth-order valence-corrected chi connectivity index (χ4v) is 11.8. The monoisotopic (exact) mass is 753 g/mol. The zero-order valence-electron chi connectivity index (χ0n) is 33.5. The molecule has 0 bridgehead atoms. The summed E-state index contributed by atoms with van der Waals surface area (Å²) in [6.45, 7) is 10.9. The van der Waals surface area contributed by atoms with Crippen molar-refractivity contribution in [3.63, 3.8) is 0 Å². The molecule has 0 radical (unpaired) electrons. The summed E-state index contributed by atoms with van der Waals surface area (Å²) >= 11 is 0. The van der Waals surface area contributed by atoms with Crippen molar-refractivity contribution in [2.75, 3.05) is 59.0 Å². The van der Waals surface area contributed by atoms with Crippen LogP contribution in [0.5, 0.6) is 0 Å². The molecule has 3 amide bonds. The maximum atomic E-state index is 13.3. The van der Waals surface area contributed by atoms with Crippen LogP contribution in [0.2, 0.25) is 0 Å². The molecule has 7 rings (SSSR count). The number of nitrogens with zero attached hydrogens (tertiary/aromatic N) is 3. The minimum absolute atomic E-state index is 0.0564. The first-order valence-electron chi connectivity index (χ1n) is 22.6. The van der Waals surface area contributed by atoms with Crippen molar-refractivity contribution in [1.29, 1.82) is 0 Å². The molecule has 7 aliphatic rings. The summed E-state index contributed by atoms with van der Waals surface area (Å²) in [5, 5.41) is 12.7. The van der Waals surface area contributed by atoms with Crippen molar-refractivity contribution in [1.82, 2.24) is 20.0 Å². The number of piperidine rings is 1. The quantitative estimate of drug-likeness (QED) is 0.129. The molecule has 4 unspecified atom stereocenters. The van der Waals surface area contributed by atoms with Crippen LogP contribution in [0, 0.1) is 29.6 Å². The Morgan fingerprint density at radius 2 is 1.41 bits per heavy atom. The molecule has 0 spiro atoms. The number of carbonyl (C=O) groups is 3. The molecule has 0 aromatic carbocycles. The van der Waals surface area contributed by atoms with Gasteiger partial charge in [0.15, 0.2) is 0 Å². The number of piperazine rings is 1. The van der Waals surface area contributed by atoms with Crippen LogP contribution in [-0.4, -0.2) is 121 Å². The van der Waals surface area contributed by atoms with Crippen LogP contribution in [0.25, 0.3) is 0 Å². The summed E-state index contributed by atoms with van der Waals surface area (Å²) in [4.78, 5) is 44.3. The lowest BCUT2D eigenvalue weighted by molar-refractivity contribution is -0.144. The number of fused-ring (bicyclic) bond motifs is 1. The zero-order chi connectivity index (χ0) is 37.4. The number of likely N-dealkylation sites (tertiary alicyclic amines) is 1. The van der Waals surface area contributed by atoms with Crippen LogP contribution >= 0.6 is 0 Å². The minimum Gasteiger partial charge on any atom is -0.393 e. The molecule has 4 aliphatic carbocycles. The zero-order valence-corrected chi connectivity index (χ0v) is 33.5. The van der Waals surface area contributed by atoms with Crippen molar-refractivity contribution >= 4 is 17.7 Å². The fraction of sp³-hybridized carbons (Fsp3) is 0.886. The van der Waals surface area contributed by atoms with Crippen LogP contribution in [-0.2, 0) is 23.9 Å². The molecule has 7 fully saturated rings. The Morgan fingerprint density at radius 3 is 2.09 bits per heavy atom. The Morgan fingerprint density at radius 1 is 0.722 bits per heavy atom. The second-order valence-electron chi connectivity index (χ2n) is 18.1. The van der Waals surface area contributed by atoms with Gasteiger partial charge in [0.1, 0.15) is 6.04 Å². The Bertz CT molecular complexity index is 1280. The average Bonchev–Trinajstić information content (AvgIpc) is 3.53. The van der Waals surface area contributed by atoms with Crippen molar-refractivity contribution in [3.8, 4) is 0 Å². The summed E-state index contributed by atoms with van der Waals surface area (Å²) < 4.78 is 13.0. The van der Waals surface area contributed by atoms with Gasteiger partial charge in [-0.2, -0.15) is 0 Å². The van der Waals surface area contributed by atoms with E-state index in [2.05, 4.69) is 22.0 Å². The number of ether oxygens (including phenoxy) is 2. The van der Waals surface area contributed by atoms with E-state index in [1.165, 1.54) is 77.0 Å². The van der Waals surface area contributed by atoms with E-state index < -0.39 is 6.04 Å². The standard InChI is InChI=1S/C44H72N4O6/c1-2-36(31-8-4-3-5-9-31)42(32-12-16-34(49)17-13-32)33-14-18-35(19-15-33)53-29-27-47-25-23-46(24-26-47)22-7-28-54-40-11-6-10-37-38(40)30-48(44(37)52)39-20-21-41(50)45-43(39)51/h31-35,37-40,49H,2-30H2,1H3,(H,45,50,51)/b42-36-. The smallest absolute Gasteiger partial charge is 0.249 e. The topological polar surface area (TPSA) is 112 Å². The van der Waals surface area contributed by atoms with Crippen LogP contribution < -0.4 is 5.32 Å². The van der Waals surface area contributed by atoms with Gasteiger partial charge in [-0.3, -0.25) is 24.6 Å². The maximum absolute atomic E-state index is 13.3. The summed E-state index contributed by atoms with van der Waals surface area (Å²) in [6, 6.07) is -0.518. The van der Waals surface area contributed by atoms with Gasteiger partial charge < -0.3 is 24.4 Å². The Balaban J connectivity index is 0.781. The second-order valence-corrected chi connectivity index (χ2v) is 18.1. The lowest BCUT2D eigenvalue weighted by Crippen LogP contribution is -2.53. The van der Waals surface area contributed by atoms with Gasteiger partial charge in [0.2, 0.25) is 17.7 Å². The molecule has 4 atom stereocenters. The van der Waals surface area contributed by atoms with E-state index in [4.69, 9.17) is 9.47 Å². The van der Waals surface area contributed by atoms with Crippen LogP contribution in [0.3, 0.4) is 0 Å².